The van der Waals surface area contributed by atoms with Gasteiger partial charge in [-0.1, -0.05) is 41.9 Å². The van der Waals surface area contributed by atoms with Gasteiger partial charge in [-0.15, -0.1) is 0 Å². The minimum absolute atomic E-state index is 0.181. The maximum atomic E-state index is 13.0. The number of halogens is 1. The number of nitrogens with one attached hydrogen (secondary N) is 1. The molecule has 2 aromatic carbocycles. The fourth-order valence-corrected chi connectivity index (χ4v) is 4.44. The Hall–Kier alpha value is -3.82. The molecule has 2 aromatic heterocycles. The second kappa shape index (κ2) is 9.81. The van der Waals surface area contributed by atoms with Crippen LogP contribution in [-0.4, -0.2) is 69.1 Å². The van der Waals surface area contributed by atoms with Gasteiger partial charge >= 0.3 is 0 Å². The summed E-state index contributed by atoms with van der Waals surface area (Å²) in [6.07, 6.45) is 3.34. The largest absolute Gasteiger partial charge is 0.353 e. The van der Waals surface area contributed by atoms with Gasteiger partial charge in [-0.25, -0.2) is 9.97 Å². The zero-order valence-corrected chi connectivity index (χ0v) is 19.9. The summed E-state index contributed by atoms with van der Waals surface area (Å²) < 4.78 is 1.73. The molecule has 5 rings (SSSR count). The summed E-state index contributed by atoms with van der Waals surface area (Å²) in [4.78, 5) is 38.9. The van der Waals surface area contributed by atoms with Gasteiger partial charge in [-0.3, -0.25) is 19.2 Å². The third kappa shape index (κ3) is 4.87. The molecular formula is C25H24ClN7O2. The topological polar surface area (TPSA) is 96.2 Å². The lowest BCUT2D eigenvalue weighted by molar-refractivity contribution is -0.117. The molecule has 0 unspecified atom stereocenters. The summed E-state index contributed by atoms with van der Waals surface area (Å²) in [5, 5.41) is 8.53. The molecule has 0 aliphatic carbocycles. The van der Waals surface area contributed by atoms with Crippen molar-refractivity contribution in [1.29, 1.82) is 0 Å². The lowest BCUT2D eigenvalue weighted by Crippen LogP contribution is -2.49. The first kappa shape index (κ1) is 22.9. The van der Waals surface area contributed by atoms with E-state index in [0.29, 0.717) is 34.9 Å². The molecule has 0 atom stereocenters. The van der Waals surface area contributed by atoms with Gasteiger partial charge in [0.1, 0.15) is 12.1 Å². The second-order valence-electron chi connectivity index (χ2n) is 8.40. The van der Waals surface area contributed by atoms with Crippen LogP contribution in [0.5, 0.6) is 0 Å². The Morgan fingerprint density at radius 3 is 2.57 bits per heavy atom. The summed E-state index contributed by atoms with van der Waals surface area (Å²) in [7, 11) is 1.86. The van der Waals surface area contributed by atoms with Crippen molar-refractivity contribution in [3.63, 3.8) is 0 Å². The van der Waals surface area contributed by atoms with Gasteiger partial charge in [0.05, 0.1) is 23.8 Å². The molecule has 0 spiro atoms. The Morgan fingerprint density at radius 2 is 1.80 bits per heavy atom. The number of carbonyl (C=O) groups excluding carboxylic acids is 2. The highest BCUT2D eigenvalue weighted by molar-refractivity contribution is 6.31. The average Bonchev–Trinajstić information content (AvgIpc) is 3.26. The van der Waals surface area contributed by atoms with Gasteiger partial charge in [0.25, 0.3) is 0 Å². The number of nitrogens with zero attached hydrogens (tertiary/aromatic N) is 6. The van der Waals surface area contributed by atoms with E-state index >= 15 is 0 Å². The minimum atomic E-state index is -0.191. The second-order valence-corrected chi connectivity index (χ2v) is 8.84. The van der Waals surface area contributed by atoms with Gasteiger partial charge in [0, 0.05) is 49.4 Å². The van der Waals surface area contributed by atoms with E-state index in [4.69, 9.17) is 11.6 Å². The molecule has 1 N–H and O–H groups in total. The Bertz CT molecular complexity index is 1380. The number of hydrogen-bond acceptors (Lipinski definition) is 7. The van der Waals surface area contributed by atoms with Crippen molar-refractivity contribution in [2.24, 2.45) is 7.05 Å². The number of aryl methyl sites for hydroxylation is 1. The maximum Gasteiger partial charge on any atom is 0.238 e. The molecule has 1 aliphatic rings. The number of fused-ring (bicyclic) bond motifs is 1. The van der Waals surface area contributed by atoms with Gasteiger partial charge in [-0.2, -0.15) is 5.10 Å². The third-order valence-electron chi connectivity index (χ3n) is 6.08. The van der Waals surface area contributed by atoms with Crippen LogP contribution in [0.15, 0.2) is 61.1 Å². The number of ketones is 1. The Balaban J connectivity index is 1.23. The number of piperazine rings is 1. The lowest BCUT2D eigenvalue weighted by atomic mass is 10.0. The van der Waals surface area contributed by atoms with E-state index in [2.05, 4.69) is 30.2 Å². The van der Waals surface area contributed by atoms with Crippen molar-refractivity contribution >= 4 is 45.8 Å². The number of benzene rings is 2. The van der Waals surface area contributed by atoms with Crippen LogP contribution in [-0.2, 0) is 11.8 Å². The molecule has 0 radical (unpaired) electrons. The quantitative estimate of drug-likeness (QED) is 0.416. The fourth-order valence-electron chi connectivity index (χ4n) is 4.27. The minimum Gasteiger partial charge on any atom is -0.353 e. The summed E-state index contributed by atoms with van der Waals surface area (Å²) in [5.74, 6) is 0.487. The maximum absolute atomic E-state index is 13.0. The van der Waals surface area contributed by atoms with Gasteiger partial charge in [0.2, 0.25) is 5.91 Å². The van der Waals surface area contributed by atoms with Gasteiger partial charge < -0.3 is 10.2 Å². The number of hydrogen-bond donors (Lipinski definition) is 1. The standard InChI is InChI=1S/C25H24ClN7O2/c1-31-24-20(14-29-31)25(28-16-27-24)33-11-9-32(10-12-33)15-22(34)30-21-8-7-18(26)13-19(21)23(35)17-5-3-2-4-6-17/h2-8,13-14,16H,9-12,15H2,1H3,(H,30,34). The van der Waals surface area contributed by atoms with E-state index in [9.17, 15) is 9.59 Å². The van der Waals surface area contributed by atoms with Crippen molar-refractivity contribution in [3.05, 3.63) is 77.2 Å². The van der Waals surface area contributed by atoms with Gasteiger partial charge in [-0.05, 0) is 18.2 Å². The molecule has 4 aromatic rings. The van der Waals surface area contributed by atoms with Crippen LogP contribution in [0.25, 0.3) is 11.0 Å². The van der Waals surface area contributed by atoms with Gasteiger partial charge in [0.15, 0.2) is 11.4 Å². The first-order valence-electron chi connectivity index (χ1n) is 11.3. The van der Waals surface area contributed by atoms with E-state index < -0.39 is 0 Å². The number of aromatic nitrogens is 4. The fraction of sp³-hybridized carbons (Fsp3) is 0.240. The van der Waals surface area contributed by atoms with Crippen LogP contribution in [0.2, 0.25) is 5.02 Å². The average molecular weight is 490 g/mol. The Kier molecular flexibility index (Phi) is 6.43. The highest BCUT2D eigenvalue weighted by Crippen LogP contribution is 2.25. The number of carbonyl (C=O) groups is 2. The summed E-state index contributed by atoms with van der Waals surface area (Å²) >= 11 is 6.15. The van der Waals surface area contributed by atoms with E-state index in [0.717, 1.165) is 29.9 Å². The highest BCUT2D eigenvalue weighted by atomic mass is 35.5. The van der Waals surface area contributed by atoms with Crippen LogP contribution in [0, 0.1) is 0 Å². The molecule has 0 saturated carbocycles. The predicted molar refractivity (Wildman–Crippen MR) is 135 cm³/mol. The molecule has 178 valence electrons. The predicted octanol–water partition coefficient (Wildman–Crippen LogP) is 3.01. The molecule has 1 amide bonds. The first-order chi connectivity index (χ1) is 17.0. The normalized spacial score (nSPS) is 14.3. The molecule has 1 aliphatic heterocycles. The summed E-state index contributed by atoms with van der Waals surface area (Å²) in [5.41, 5.74) is 2.15. The lowest BCUT2D eigenvalue weighted by Gasteiger charge is -2.35. The first-order valence-corrected chi connectivity index (χ1v) is 11.7. The number of amides is 1. The molecule has 1 fully saturated rings. The third-order valence-corrected chi connectivity index (χ3v) is 6.32. The summed E-state index contributed by atoms with van der Waals surface area (Å²) in [6.45, 7) is 3.09. The molecule has 0 bridgehead atoms. The number of rotatable bonds is 6. The Morgan fingerprint density at radius 1 is 1.03 bits per heavy atom. The van der Waals surface area contributed by atoms with Crippen LogP contribution in [0.3, 0.4) is 0 Å². The van der Waals surface area contributed by atoms with Crippen LogP contribution >= 0.6 is 11.6 Å². The Labute approximate surface area is 207 Å². The van der Waals surface area contributed by atoms with E-state index in [1.165, 1.54) is 0 Å². The van der Waals surface area contributed by atoms with Crippen molar-refractivity contribution in [2.75, 3.05) is 42.9 Å². The van der Waals surface area contributed by atoms with E-state index in [1.54, 1.807) is 59.7 Å². The van der Waals surface area contributed by atoms with E-state index in [1.807, 2.05) is 13.1 Å². The smallest absolute Gasteiger partial charge is 0.238 e. The van der Waals surface area contributed by atoms with Crippen molar-refractivity contribution < 1.29 is 9.59 Å². The molecule has 10 heteroatoms. The highest BCUT2D eigenvalue weighted by Gasteiger charge is 2.23. The van der Waals surface area contributed by atoms with Crippen molar-refractivity contribution in [1.82, 2.24) is 24.6 Å². The molecular weight excluding hydrogens is 466 g/mol. The summed E-state index contributed by atoms with van der Waals surface area (Å²) in [6, 6.07) is 13.9. The van der Waals surface area contributed by atoms with Crippen molar-refractivity contribution in [2.45, 2.75) is 0 Å². The van der Waals surface area contributed by atoms with Crippen LogP contribution in [0.4, 0.5) is 11.5 Å². The van der Waals surface area contributed by atoms with Crippen LogP contribution < -0.4 is 10.2 Å². The SMILES string of the molecule is Cn1ncc2c(N3CCN(CC(=O)Nc4ccc(Cl)cc4C(=O)c4ccccc4)CC3)ncnc21. The zero-order chi connectivity index (χ0) is 24.4. The number of anilines is 2. The van der Waals surface area contributed by atoms with Crippen LogP contribution in [0.1, 0.15) is 15.9 Å². The zero-order valence-electron chi connectivity index (χ0n) is 19.2. The molecule has 3 heterocycles. The van der Waals surface area contributed by atoms with E-state index in [-0.39, 0.29) is 18.2 Å². The molecule has 9 nitrogen and oxygen atoms in total. The molecule has 1 saturated heterocycles. The van der Waals surface area contributed by atoms with Crippen molar-refractivity contribution in [3.8, 4) is 0 Å². The monoisotopic (exact) mass is 489 g/mol. The molecule has 35 heavy (non-hydrogen) atoms.